The third kappa shape index (κ3) is 2.77. The smallest absolute Gasteiger partial charge is 0.323 e. The Labute approximate surface area is 97.2 Å². The van der Waals surface area contributed by atoms with E-state index in [1.165, 1.54) is 13.1 Å². The quantitative estimate of drug-likeness (QED) is 0.629. The molecule has 1 aromatic rings. The van der Waals surface area contributed by atoms with Crippen molar-refractivity contribution in [2.45, 2.75) is 13.3 Å². The Balaban J connectivity index is 3.03. The lowest BCUT2D eigenvalue weighted by atomic mass is 9.84. The number of hydrogen-bond donors (Lipinski definition) is 1. The molecule has 1 atom stereocenters. The molecule has 1 heterocycles. The highest BCUT2D eigenvalue weighted by Crippen LogP contribution is 2.24. The molecule has 1 aromatic heterocycles. The number of carboxylic acid groups (broad SMARTS) is 1. The summed E-state index contributed by atoms with van der Waals surface area (Å²) in [5, 5.41) is 9.05. The van der Waals surface area contributed by atoms with Crippen molar-refractivity contribution < 1.29 is 23.8 Å². The Kier molecular flexibility index (Phi) is 3.77. The van der Waals surface area contributed by atoms with Crippen LogP contribution in [-0.2, 0) is 20.7 Å². The van der Waals surface area contributed by atoms with E-state index in [9.17, 15) is 14.0 Å². The van der Waals surface area contributed by atoms with Crippen LogP contribution in [0.25, 0.3) is 0 Å². The van der Waals surface area contributed by atoms with Gasteiger partial charge < -0.3 is 9.84 Å². The third-order valence-electron chi connectivity index (χ3n) is 2.43. The van der Waals surface area contributed by atoms with E-state index in [2.05, 4.69) is 9.72 Å². The minimum atomic E-state index is -1.75. The molecule has 1 N–H and O–H groups in total. The number of ether oxygens (including phenoxy) is 1. The number of aliphatic carboxylic acids is 1. The number of hydrogen-bond acceptors (Lipinski definition) is 4. The highest BCUT2D eigenvalue weighted by atomic mass is 19.1. The first-order valence-electron chi connectivity index (χ1n) is 4.81. The average Bonchev–Trinajstić information content (AvgIpc) is 2.27. The second-order valence-electron chi connectivity index (χ2n) is 3.82. The molecule has 0 aliphatic carbocycles. The lowest BCUT2D eigenvalue weighted by Crippen LogP contribution is -2.39. The summed E-state index contributed by atoms with van der Waals surface area (Å²) < 4.78 is 17.3. The van der Waals surface area contributed by atoms with Gasteiger partial charge in [-0.05, 0) is 18.6 Å². The molecule has 1 rings (SSSR count). The maximum Gasteiger partial charge on any atom is 0.323 e. The van der Waals surface area contributed by atoms with Crippen molar-refractivity contribution in [1.29, 1.82) is 0 Å². The maximum absolute atomic E-state index is 12.9. The van der Waals surface area contributed by atoms with Gasteiger partial charge in [0.15, 0.2) is 5.41 Å². The van der Waals surface area contributed by atoms with Crippen LogP contribution in [0.15, 0.2) is 18.5 Å². The first-order chi connectivity index (χ1) is 7.90. The van der Waals surface area contributed by atoms with E-state index in [1.54, 1.807) is 0 Å². The van der Waals surface area contributed by atoms with Crippen molar-refractivity contribution in [3.05, 3.63) is 29.8 Å². The molecule has 0 fully saturated rings. The molecule has 6 heteroatoms. The number of methoxy groups -OCH3 is 1. The summed E-state index contributed by atoms with van der Waals surface area (Å²) in [5.74, 6) is -2.79. The molecule has 0 bridgehead atoms. The van der Waals surface area contributed by atoms with Gasteiger partial charge in [0.1, 0.15) is 5.82 Å². The van der Waals surface area contributed by atoms with Crippen LogP contribution in [0.1, 0.15) is 12.5 Å². The van der Waals surface area contributed by atoms with Crippen LogP contribution in [0.2, 0.25) is 0 Å². The van der Waals surface area contributed by atoms with Gasteiger partial charge in [0.2, 0.25) is 0 Å². The molecule has 5 nitrogen and oxygen atoms in total. The van der Waals surface area contributed by atoms with Gasteiger partial charge in [0.25, 0.3) is 0 Å². The van der Waals surface area contributed by atoms with Crippen LogP contribution in [0.5, 0.6) is 0 Å². The Hall–Kier alpha value is -1.98. The monoisotopic (exact) mass is 241 g/mol. The van der Waals surface area contributed by atoms with Gasteiger partial charge in [0.05, 0.1) is 13.3 Å². The van der Waals surface area contributed by atoms with Crippen LogP contribution in [-0.4, -0.2) is 29.1 Å². The standard InChI is InChI=1S/C11H12FNO4/c1-11(9(14)15,10(16)17-2)4-7-3-8(12)6-13-5-7/h3,5-6H,4H2,1-2H3,(H,14,15). The number of aromatic nitrogens is 1. The summed E-state index contributed by atoms with van der Waals surface area (Å²) in [7, 11) is 1.10. The van der Waals surface area contributed by atoms with E-state index in [0.29, 0.717) is 5.56 Å². The lowest BCUT2D eigenvalue weighted by Gasteiger charge is -2.21. The van der Waals surface area contributed by atoms with Gasteiger partial charge in [-0.15, -0.1) is 0 Å². The minimum Gasteiger partial charge on any atom is -0.480 e. The van der Waals surface area contributed by atoms with Crippen molar-refractivity contribution in [2.24, 2.45) is 5.41 Å². The van der Waals surface area contributed by atoms with Crippen LogP contribution < -0.4 is 0 Å². The fourth-order valence-electron chi connectivity index (χ4n) is 1.42. The molecular formula is C11H12FNO4. The Morgan fingerprint density at radius 1 is 1.53 bits per heavy atom. The summed E-state index contributed by atoms with van der Waals surface area (Å²) in [6, 6.07) is 1.14. The summed E-state index contributed by atoms with van der Waals surface area (Å²) in [6.07, 6.45) is 2.13. The fraction of sp³-hybridized carbons (Fsp3) is 0.364. The number of halogens is 1. The van der Waals surface area contributed by atoms with Crippen molar-refractivity contribution in [3.8, 4) is 0 Å². The first kappa shape index (κ1) is 13.1. The molecule has 1 unspecified atom stereocenters. The van der Waals surface area contributed by atoms with E-state index in [-0.39, 0.29) is 6.42 Å². The van der Waals surface area contributed by atoms with E-state index in [0.717, 1.165) is 19.4 Å². The molecule has 92 valence electrons. The number of pyridine rings is 1. The summed E-state index contributed by atoms with van der Waals surface area (Å²) in [5.41, 5.74) is -1.43. The second kappa shape index (κ2) is 4.90. The lowest BCUT2D eigenvalue weighted by molar-refractivity contribution is -0.165. The van der Waals surface area contributed by atoms with Gasteiger partial charge in [0, 0.05) is 12.6 Å². The van der Waals surface area contributed by atoms with Gasteiger partial charge in [-0.25, -0.2) is 4.39 Å². The molecule has 0 aromatic carbocycles. The number of carboxylic acids is 1. The number of carbonyl (C=O) groups is 2. The average molecular weight is 241 g/mol. The third-order valence-corrected chi connectivity index (χ3v) is 2.43. The molecule has 0 radical (unpaired) electrons. The Morgan fingerprint density at radius 3 is 2.65 bits per heavy atom. The van der Waals surface area contributed by atoms with Gasteiger partial charge in [-0.2, -0.15) is 0 Å². The first-order valence-corrected chi connectivity index (χ1v) is 4.81. The highest BCUT2D eigenvalue weighted by Gasteiger charge is 2.42. The molecule has 17 heavy (non-hydrogen) atoms. The molecular weight excluding hydrogens is 229 g/mol. The van der Waals surface area contributed by atoms with Gasteiger partial charge >= 0.3 is 11.9 Å². The predicted octanol–water partition coefficient (Wildman–Crippen LogP) is 1.03. The van der Waals surface area contributed by atoms with Crippen LogP contribution >= 0.6 is 0 Å². The summed E-state index contributed by atoms with van der Waals surface area (Å²) in [6.45, 7) is 1.23. The van der Waals surface area contributed by atoms with Crippen LogP contribution in [0.4, 0.5) is 4.39 Å². The summed E-state index contributed by atoms with van der Waals surface area (Å²) >= 11 is 0. The van der Waals surface area contributed by atoms with Crippen molar-refractivity contribution >= 4 is 11.9 Å². The van der Waals surface area contributed by atoms with E-state index in [1.807, 2.05) is 0 Å². The largest absolute Gasteiger partial charge is 0.480 e. The Bertz CT molecular complexity index is 449. The molecule has 0 saturated carbocycles. The van der Waals surface area contributed by atoms with E-state index < -0.39 is 23.2 Å². The zero-order valence-electron chi connectivity index (χ0n) is 9.44. The number of carbonyl (C=O) groups excluding carboxylic acids is 1. The van der Waals surface area contributed by atoms with Gasteiger partial charge in [-0.1, -0.05) is 0 Å². The fourth-order valence-corrected chi connectivity index (χ4v) is 1.42. The van der Waals surface area contributed by atoms with Crippen molar-refractivity contribution in [1.82, 2.24) is 4.98 Å². The van der Waals surface area contributed by atoms with E-state index >= 15 is 0 Å². The van der Waals surface area contributed by atoms with Crippen molar-refractivity contribution in [3.63, 3.8) is 0 Å². The number of nitrogens with zero attached hydrogens (tertiary/aromatic N) is 1. The van der Waals surface area contributed by atoms with E-state index in [4.69, 9.17) is 5.11 Å². The minimum absolute atomic E-state index is 0.181. The predicted molar refractivity (Wildman–Crippen MR) is 55.7 cm³/mol. The zero-order valence-corrected chi connectivity index (χ0v) is 9.44. The molecule has 0 aliphatic rings. The topological polar surface area (TPSA) is 76.5 Å². The highest BCUT2D eigenvalue weighted by molar-refractivity contribution is 5.98. The molecule has 0 aliphatic heterocycles. The maximum atomic E-state index is 12.9. The number of esters is 1. The van der Waals surface area contributed by atoms with Crippen molar-refractivity contribution in [2.75, 3.05) is 7.11 Å². The van der Waals surface area contributed by atoms with Crippen LogP contribution in [0.3, 0.4) is 0 Å². The molecule has 0 saturated heterocycles. The SMILES string of the molecule is COC(=O)C(C)(Cc1cncc(F)c1)C(=O)O. The normalized spacial score (nSPS) is 13.8. The molecule has 0 spiro atoms. The number of rotatable bonds is 4. The molecule has 0 amide bonds. The second-order valence-corrected chi connectivity index (χ2v) is 3.82. The van der Waals surface area contributed by atoms with Gasteiger partial charge in [-0.3, -0.25) is 14.6 Å². The Morgan fingerprint density at radius 2 is 2.18 bits per heavy atom. The summed E-state index contributed by atoms with van der Waals surface area (Å²) in [4.78, 5) is 26.1. The zero-order chi connectivity index (χ0) is 13.1. The van der Waals surface area contributed by atoms with Crippen LogP contribution in [0, 0.1) is 11.2 Å².